The van der Waals surface area contributed by atoms with E-state index in [0.717, 1.165) is 18.8 Å². The zero-order valence-electron chi connectivity index (χ0n) is 18.2. The minimum absolute atomic E-state index is 0.113. The van der Waals surface area contributed by atoms with Crippen LogP contribution in [0.2, 0.25) is 0 Å². The first-order chi connectivity index (χ1) is 16.0. The van der Waals surface area contributed by atoms with Crippen LogP contribution in [-0.4, -0.2) is 60.4 Å². The Morgan fingerprint density at radius 2 is 1.82 bits per heavy atom. The molecule has 1 saturated heterocycles. The van der Waals surface area contributed by atoms with E-state index in [-0.39, 0.29) is 12.3 Å². The maximum atomic E-state index is 13.0. The van der Waals surface area contributed by atoms with E-state index in [0.29, 0.717) is 24.6 Å². The summed E-state index contributed by atoms with van der Waals surface area (Å²) in [6, 6.07) is 15.0. The highest BCUT2D eigenvalue weighted by molar-refractivity contribution is 6.08. The molecule has 0 aromatic heterocycles. The van der Waals surface area contributed by atoms with Crippen molar-refractivity contribution in [1.82, 2.24) is 10.2 Å². The lowest BCUT2D eigenvalue weighted by molar-refractivity contribution is -0.384. The summed E-state index contributed by atoms with van der Waals surface area (Å²) in [5.41, 5.74) is 1.41. The molecule has 10 heteroatoms. The second kappa shape index (κ2) is 9.68. The minimum atomic E-state index is -1.22. The molecule has 1 amide bonds. The highest BCUT2D eigenvalue weighted by Crippen LogP contribution is 2.32. The molecule has 0 spiro atoms. The van der Waals surface area contributed by atoms with Crippen molar-refractivity contribution in [2.75, 3.05) is 37.7 Å². The molecule has 0 bridgehead atoms. The summed E-state index contributed by atoms with van der Waals surface area (Å²) in [5, 5.41) is 14.0. The SMILES string of the molecule is CCOC(=O)[C@@H]1C(=O)NC(N2CCN(c3ccccc3)CC2)=N[C@@H]1c1cccc([N+](=O)[O-])c1. The van der Waals surface area contributed by atoms with Crippen molar-refractivity contribution in [1.29, 1.82) is 0 Å². The summed E-state index contributed by atoms with van der Waals surface area (Å²) >= 11 is 0. The van der Waals surface area contributed by atoms with Gasteiger partial charge in [-0.2, -0.15) is 0 Å². The molecule has 1 fully saturated rings. The van der Waals surface area contributed by atoms with Crippen LogP contribution in [-0.2, 0) is 14.3 Å². The van der Waals surface area contributed by atoms with Crippen molar-refractivity contribution in [3.05, 3.63) is 70.3 Å². The predicted octanol–water partition coefficient (Wildman–Crippen LogP) is 2.12. The van der Waals surface area contributed by atoms with Crippen LogP contribution < -0.4 is 10.2 Å². The number of nitrogens with one attached hydrogen (secondary N) is 1. The van der Waals surface area contributed by atoms with Gasteiger partial charge in [-0.25, -0.2) is 4.99 Å². The number of amides is 1. The molecule has 2 aliphatic heterocycles. The lowest BCUT2D eigenvalue weighted by Gasteiger charge is -2.39. The molecule has 33 heavy (non-hydrogen) atoms. The number of carbonyl (C=O) groups excluding carboxylic acids is 2. The molecule has 0 saturated carbocycles. The number of hydrogen-bond acceptors (Lipinski definition) is 8. The van der Waals surface area contributed by atoms with Gasteiger partial charge in [-0.05, 0) is 24.6 Å². The van der Waals surface area contributed by atoms with Crippen LogP contribution in [0.5, 0.6) is 0 Å². The number of esters is 1. The molecular weight excluding hydrogens is 426 g/mol. The van der Waals surface area contributed by atoms with Crippen molar-refractivity contribution in [2.24, 2.45) is 10.9 Å². The molecule has 0 unspecified atom stereocenters. The minimum Gasteiger partial charge on any atom is -0.465 e. The fraction of sp³-hybridized carbons (Fsp3) is 0.348. The number of guanidine groups is 1. The van der Waals surface area contributed by atoms with Gasteiger partial charge in [-0.1, -0.05) is 30.3 Å². The summed E-state index contributed by atoms with van der Waals surface area (Å²) in [4.78, 5) is 45.2. The Morgan fingerprint density at radius 1 is 1.12 bits per heavy atom. The topological polar surface area (TPSA) is 117 Å². The van der Waals surface area contributed by atoms with Crippen LogP contribution in [0.25, 0.3) is 0 Å². The van der Waals surface area contributed by atoms with Crippen LogP contribution in [0, 0.1) is 16.0 Å². The third-order valence-corrected chi connectivity index (χ3v) is 5.76. The number of nitro groups is 1. The zero-order chi connectivity index (χ0) is 23.4. The number of benzene rings is 2. The number of para-hydroxylation sites is 1. The monoisotopic (exact) mass is 451 g/mol. The van der Waals surface area contributed by atoms with Gasteiger partial charge < -0.3 is 14.5 Å². The molecule has 2 aromatic carbocycles. The second-order valence-corrected chi connectivity index (χ2v) is 7.78. The van der Waals surface area contributed by atoms with Gasteiger partial charge in [0.25, 0.3) is 5.69 Å². The molecule has 172 valence electrons. The number of rotatable bonds is 5. The van der Waals surface area contributed by atoms with E-state index >= 15 is 0 Å². The second-order valence-electron chi connectivity index (χ2n) is 7.78. The fourth-order valence-electron chi connectivity index (χ4n) is 4.10. The molecule has 4 rings (SSSR count). The number of piperazine rings is 1. The summed E-state index contributed by atoms with van der Waals surface area (Å²) < 4.78 is 5.10. The van der Waals surface area contributed by atoms with Crippen LogP contribution in [0.3, 0.4) is 0 Å². The first kappa shape index (κ1) is 22.3. The normalized spacial score (nSPS) is 20.6. The third-order valence-electron chi connectivity index (χ3n) is 5.76. The zero-order valence-corrected chi connectivity index (χ0v) is 18.2. The number of nitro benzene ring substituents is 1. The number of hydrogen-bond donors (Lipinski definition) is 1. The van der Waals surface area contributed by atoms with E-state index in [2.05, 4.69) is 27.3 Å². The first-order valence-electron chi connectivity index (χ1n) is 10.8. The molecule has 1 N–H and O–H groups in total. The lowest BCUT2D eigenvalue weighted by Crippen LogP contribution is -2.57. The lowest BCUT2D eigenvalue weighted by atomic mass is 9.91. The van der Waals surface area contributed by atoms with E-state index in [4.69, 9.17) is 4.74 Å². The molecule has 2 aromatic rings. The maximum absolute atomic E-state index is 13.0. The number of carbonyl (C=O) groups is 2. The van der Waals surface area contributed by atoms with Crippen molar-refractivity contribution in [3.63, 3.8) is 0 Å². The summed E-state index contributed by atoms with van der Waals surface area (Å²) in [6.45, 7) is 4.49. The standard InChI is InChI=1S/C23H25N5O5/c1-2-33-22(30)19-20(16-7-6-10-18(15-16)28(31)32)24-23(25-21(19)29)27-13-11-26(12-14-27)17-8-4-3-5-9-17/h3-10,15,19-20H,2,11-14H2,1H3,(H,24,25,29)/t19-,20+/m0/s1. The van der Waals surface area contributed by atoms with Gasteiger partial charge >= 0.3 is 5.97 Å². The molecule has 10 nitrogen and oxygen atoms in total. The average Bonchev–Trinajstić information content (AvgIpc) is 2.84. The van der Waals surface area contributed by atoms with Crippen molar-refractivity contribution >= 4 is 29.2 Å². The van der Waals surface area contributed by atoms with E-state index < -0.39 is 28.8 Å². The largest absolute Gasteiger partial charge is 0.465 e. The number of nitrogens with zero attached hydrogens (tertiary/aromatic N) is 4. The predicted molar refractivity (Wildman–Crippen MR) is 122 cm³/mol. The fourth-order valence-corrected chi connectivity index (χ4v) is 4.10. The highest BCUT2D eigenvalue weighted by atomic mass is 16.6. The number of aliphatic imine (C=N–C) groups is 1. The maximum Gasteiger partial charge on any atom is 0.321 e. The van der Waals surface area contributed by atoms with Gasteiger partial charge in [0.05, 0.1) is 11.5 Å². The Bertz CT molecular complexity index is 1070. The van der Waals surface area contributed by atoms with Crippen molar-refractivity contribution in [3.8, 4) is 0 Å². The van der Waals surface area contributed by atoms with Gasteiger partial charge in [0.2, 0.25) is 11.9 Å². The third kappa shape index (κ3) is 4.79. The first-order valence-corrected chi connectivity index (χ1v) is 10.8. The van der Waals surface area contributed by atoms with E-state index in [1.165, 1.54) is 18.2 Å². The molecule has 2 atom stereocenters. The highest BCUT2D eigenvalue weighted by Gasteiger charge is 2.42. The van der Waals surface area contributed by atoms with Crippen LogP contribution >= 0.6 is 0 Å². The molecule has 0 radical (unpaired) electrons. The van der Waals surface area contributed by atoms with Gasteiger partial charge in [-0.3, -0.25) is 25.0 Å². The molecular formula is C23H25N5O5. The van der Waals surface area contributed by atoms with Gasteiger partial charge in [0, 0.05) is 44.0 Å². The van der Waals surface area contributed by atoms with Crippen molar-refractivity contribution in [2.45, 2.75) is 13.0 Å². The molecule has 0 aliphatic carbocycles. The number of non-ortho nitro benzene ring substituents is 1. The number of anilines is 1. The quantitative estimate of drug-likeness (QED) is 0.320. The number of ether oxygens (including phenoxy) is 1. The summed E-state index contributed by atoms with van der Waals surface area (Å²) in [6.07, 6.45) is 0. The van der Waals surface area contributed by atoms with Gasteiger partial charge in [-0.15, -0.1) is 0 Å². The Balaban J connectivity index is 1.60. The Morgan fingerprint density at radius 3 is 2.48 bits per heavy atom. The smallest absolute Gasteiger partial charge is 0.321 e. The average molecular weight is 451 g/mol. The van der Waals surface area contributed by atoms with Crippen molar-refractivity contribution < 1.29 is 19.2 Å². The van der Waals surface area contributed by atoms with E-state index in [9.17, 15) is 19.7 Å². The summed E-state index contributed by atoms with van der Waals surface area (Å²) in [7, 11) is 0. The van der Waals surface area contributed by atoms with Crippen LogP contribution in [0.4, 0.5) is 11.4 Å². The van der Waals surface area contributed by atoms with E-state index in [1.807, 2.05) is 23.1 Å². The van der Waals surface area contributed by atoms with E-state index in [1.54, 1.807) is 13.0 Å². The molecule has 2 heterocycles. The Labute approximate surface area is 191 Å². The van der Waals surface area contributed by atoms with Crippen LogP contribution in [0.1, 0.15) is 18.5 Å². The Hall–Kier alpha value is -3.95. The Kier molecular flexibility index (Phi) is 6.53. The summed E-state index contributed by atoms with van der Waals surface area (Å²) in [5.74, 6) is -2.09. The van der Waals surface area contributed by atoms with Crippen LogP contribution in [0.15, 0.2) is 59.6 Å². The van der Waals surface area contributed by atoms with Gasteiger partial charge in [0.1, 0.15) is 6.04 Å². The van der Waals surface area contributed by atoms with Gasteiger partial charge in [0.15, 0.2) is 5.92 Å². The molecule has 2 aliphatic rings.